The Morgan fingerprint density at radius 3 is 2.67 bits per heavy atom. The van der Waals surface area contributed by atoms with Gasteiger partial charge in [-0.05, 0) is 18.6 Å². The summed E-state index contributed by atoms with van der Waals surface area (Å²) in [5.41, 5.74) is 0.925. The topological polar surface area (TPSA) is 59.0 Å². The number of rotatable bonds is 7. The number of benzene rings is 1. The quantitative estimate of drug-likeness (QED) is 0.752. The summed E-state index contributed by atoms with van der Waals surface area (Å²) in [7, 11) is 5.07. The third kappa shape index (κ3) is 3.63. The van der Waals surface area contributed by atoms with Gasteiger partial charge in [0.2, 0.25) is 0 Å². The Morgan fingerprint density at radius 2 is 2.11 bits per heavy atom. The van der Waals surface area contributed by atoms with Crippen LogP contribution in [0.4, 0.5) is 5.69 Å². The molecule has 0 aliphatic rings. The molecule has 1 aromatic carbocycles. The van der Waals surface area contributed by atoms with Crippen molar-refractivity contribution in [3.8, 4) is 5.75 Å². The van der Waals surface area contributed by atoms with Crippen LogP contribution in [-0.4, -0.2) is 45.5 Å². The van der Waals surface area contributed by atoms with Gasteiger partial charge in [-0.2, -0.15) is 0 Å². The number of hydrogen-bond acceptors (Lipinski definition) is 4. The van der Waals surface area contributed by atoms with Crippen LogP contribution in [0.25, 0.3) is 0 Å². The first-order valence-electron chi connectivity index (χ1n) is 5.71. The Bertz CT molecular complexity index is 406. The summed E-state index contributed by atoms with van der Waals surface area (Å²) in [5.74, 6) is -0.292. The maximum absolute atomic E-state index is 11.2. The SMILES string of the molecule is COCCCN(C)c1cc(OC)ccc1C(=O)O. The first-order chi connectivity index (χ1) is 8.60. The van der Waals surface area contributed by atoms with Crippen LogP contribution in [0.2, 0.25) is 0 Å². The monoisotopic (exact) mass is 253 g/mol. The lowest BCUT2D eigenvalue weighted by Crippen LogP contribution is -2.22. The predicted octanol–water partition coefficient (Wildman–Crippen LogP) is 1.87. The first kappa shape index (κ1) is 14.3. The standard InChI is InChI=1S/C13H19NO4/c1-14(7-4-8-17-2)12-9-10(18-3)5-6-11(12)13(15)16/h5-6,9H,4,7-8H2,1-3H3,(H,15,16). The van der Waals surface area contributed by atoms with Gasteiger partial charge in [-0.3, -0.25) is 0 Å². The predicted molar refractivity (Wildman–Crippen MR) is 69.7 cm³/mol. The Morgan fingerprint density at radius 1 is 1.39 bits per heavy atom. The minimum Gasteiger partial charge on any atom is -0.497 e. The van der Waals surface area contributed by atoms with E-state index in [1.165, 1.54) is 0 Å². The van der Waals surface area contributed by atoms with Crippen molar-refractivity contribution in [2.75, 3.05) is 39.3 Å². The highest BCUT2D eigenvalue weighted by Gasteiger charge is 2.14. The second-order valence-electron chi connectivity index (χ2n) is 3.96. The van der Waals surface area contributed by atoms with Crippen molar-refractivity contribution in [1.82, 2.24) is 0 Å². The summed E-state index contributed by atoms with van der Waals surface area (Å²) >= 11 is 0. The fraction of sp³-hybridized carbons (Fsp3) is 0.462. The largest absolute Gasteiger partial charge is 0.497 e. The van der Waals surface area contributed by atoms with Crippen molar-refractivity contribution >= 4 is 11.7 Å². The maximum atomic E-state index is 11.2. The number of anilines is 1. The number of nitrogens with zero attached hydrogens (tertiary/aromatic N) is 1. The van der Waals surface area contributed by atoms with Crippen LogP contribution in [0.1, 0.15) is 16.8 Å². The summed E-state index contributed by atoms with van der Waals surface area (Å²) in [6.07, 6.45) is 0.837. The Kier molecular flexibility index (Phi) is 5.45. The molecule has 0 aliphatic carbocycles. The smallest absolute Gasteiger partial charge is 0.337 e. The molecule has 0 atom stereocenters. The van der Waals surface area contributed by atoms with Crippen molar-refractivity contribution in [2.45, 2.75) is 6.42 Å². The lowest BCUT2D eigenvalue weighted by atomic mass is 10.1. The van der Waals surface area contributed by atoms with Gasteiger partial charge >= 0.3 is 5.97 Å². The van der Waals surface area contributed by atoms with Crippen LogP contribution in [0.5, 0.6) is 5.75 Å². The molecule has 0 aromatic heterocycles. The second kappa shape index (κ2) is 6.86. The summed E-state index contributed by atoms with van der Waals surface area (Å²) in [5, 5.41) is 9.16. The summed E-state index contributed by atoms with van der Waals surface area (Å²) in [4.78, 5) is 13.1. The van der Waals surface area contributed by atoms with Crippen LogP contribution in [-0.2, 0) is 4.74 Å². The molecule has 0 spiro atoms. The van der Waals surface area contributed by atoms with Gasteiger partial charge < -0.3 is 19.5 Å². The molecule has 0 amide bonds. The number of carboxylic acids is 1. The molecule has 0 bridgehead atoms. The van der Waals surface area contributed by atoms with Gasteiger partial charge in [0.05, 0.1) is 18.4 Å². The molecule has 0 saturated heterocycles. The van der Waals surface area contributed by atoms with Crippen molar-refractivity contribution in [3.05, 3.63) is 23.8 Å². The zero-order chi connectivity index (χ0) is 13.5. The average Bonchev–Trinajstić information content (AvgIpc) is 2.38. The van der Waals surface area contributed by atoms with Crippen molar-refractivity contribution in [1.29, 1.82) is 0 Å². The molecule has 5 heteroatoms. The minimum absolute atomic E-state index is 0.274. The van der Waals surface area contributed by atoms with E-state index in [4.69, 9.17) is 14.6 Å². The van der Waals surface area contributed by atoms with Crippen LogP contribution in [0.3, 0.4) is 0 Å². The lowest BCUT2D eigenvalue weighted by Gasteiger charge is -2.21. The highest BCUT2D eigenvalue weighted by atomic mass is 16.5. The van der Waals surface area contributed by atoms with E-state index in [9.17, 15) is 4.79 Å². The summed E-state index contributed by atoms with van der Waals surface area (Å²) in [6.45, 7) is 1.37. The summed E-state index contributed by atoms with van der Waals surface area (Å²) in [6, 6.07) is 4.94. The molecule has 5 nitrogen and oxygen atoms in total. The van der Waals surface area contributed by atoms with E-state index in [1.807, 2.05) is 11.9 Å². The molecule has 0 saturated carbocycles. The maximum Gasteiger partial charge on any atom is 0.337 e. The molecule has 1 N–H and O–H groups in total. The van der Waals surface area contributed by atoms with E-state index in [0.29, 0.717) is 18.0 Å². The minimum atomic E-state index is -0.939. The third-order valence-electron chi connectivity index (χ3n) is 2.69. The van der Waals surface area contributed by atoms with E-state index in [1.54, 1.807) is 32.4 Å². The van der Waals surface area contributed by atoms with Gasteiger partial charge in [-0.1, -0.05) is 0 Å². The van der Waals surface area contributed by atoms with Crippen molar-refractivity contribution in [3.63, 3.8) is 0 Å². The van der Waals surface area contributed by atoms with E-state index in [0.717, 1.165) is 13.0 Å². The Hall–Kier alpha value is -1.75. The van der Waals surface area contributed by atoms with E-state index < -0.39 is 5.97 Å². The summed E-state index contributed by atoms with van der Waals surface area (Å²) < 4.78 is 10.1. The van der Waals surface area contributed by atoms with Gasteiger partial charge in [-0.15, -0.1) is 0 Å². The van der Waals surface area contributed by atoms with Gasteiger partial charge in [0.1, 0.15) is 5.75 Å². The van der Waals surface area contributed by atoms with Crippen molar-refractivity contribution in [2.24, 2.45) is 0 Å². The van der Waals surface area contributed by atoms with Crippen LogP contribution >= 0.6 is 0 Å². The Balaban J connectivity index is 2.92. The van der Waals surface area contributed by atoms with E-state index >= 15 is 0 Å². The average molecular weight is 253 g/mol. The number of methoxy groups -OCH3 is 2. The molecule has 1 aromatic rings. The number of hydrogen-bond donors (Lipinski definition) is 1. The number of ether oxygens (including phenoxy) is 2. The number of aromatic carboxylic acids is 1. The fourth-order valence-electron chi connectivity index (χ4n) is 1.70. The fourth-order valence-corrected chi connectivity index (χ4v) is 1.70. The third-order valence-corrected chi connectivity index (χ3v) is 2.69. The van der Waals surface area contributed by atoms with Gasteiger partial charge in [0, 0.05) is 33.4 Å². The number of carboxylic acid groups (broad SMARTS) is 1. The first-order valence-corrected chi connectivity index (χ1v) is 5.71. The molecular weight excluding hydrogens is 234 g/mol. The van der Waals surface area contributed by atoms with Crippen molar-refractivity contribution < 1.29 is 19.4 Å². The molecule has 0 aliphatic heterocycles. The molecule has 18 heavy (non-hydrogen) atoms. The van der Waals surface area contributed by atoms with Gasteiger partial charge in [-0.25, -0.2) is 4.79 Å². The van der Waals surface area contributed by atoms with E-state index in [2.05, 4.69) is 0 Å². The second-order valence-corrected chi connectivity index (χ2v) is 3.96. The van der Waals surface area contributed by atoms with Crippen LogP contribution < -0.4 is 9.64 Å². The molecule has 1 rings (SSSR count). The van der Waals surface area contributed by atoms with Gasteiger partial charge in [0.15, 0.2) is 0 Å². The molecule has 0 radical (unpaired) electrons. The van der Waals surface area contributed by atoms with E-state index in [-0.39, 0.29) is 5.56 Å². The van der Waals surface area contributed by atoms with Gasteiger partial charge in [0.25, 0.3) is 0 Å². The molecule has 0 unspecified atom stereocenters. The highest BCUT2D eigenvalue weighted by molar-refractivity contribution is 5.94. The zero-order valence-electron chi connectivity index (χ0n) is 11.0. The highest BCUT2D eigenvalue weighted by Crippen LogP contribution is 2.25. The number of carbonyl (C=O) groups is 1. The van der Waals surface area contributed by atoms with Crippen LogP contribution in [0.15, 0.2) is 18.2 Å². The molecule has 100 valence electrons. The zero-order valence-corrected chi connectivity index (χ0v) is 11.0. The lowest BCUT2D eigenvalue weighted by molar-refractivity contribution is 0.0697. The van der Waals surface area contributed by atoms with Crippen LogP contribution in [0, 0.1) is 0 Å². The normalized spacial score (nSPS) is 10.2. The Labute approximate surface area is 107 Å². The molecular formula is C13H19NO4. The molecule has 0 heterocycles. The molecule has 0 fully saturated rings.